The standard InChI is InChI=1S/C21H30FN3O4/c1-2-29-20(27)11-12-23-21(28)25-13-5-6-16(15-25)9-10-19(26)24-14-17-7-3-4-8-18(17)22/h3-4,7-8,16H,2,5-6,9-15H2,1H3,(H,23,28)(H,24,26)/t16-/m0/s1. The molecule has 7 nitrogen and oxygen atoms in total. The number of nitrogens with one attached hydrogen (secondary N) is 2. The van der Waals surface area contributed by atoms with E-state index >= 15 is 0 Å². The fourth-order valence-corrected chi connectivity index (χ4v) is 3.36. The predicted molar refractivity (Wildman–Crippen MR) is 106 cm³/mol. The number of urea groups is 1. The number of carbonyl (C=O) groups excluding carboxylic acids is 3. The molecule has 3 amide bonds. The zero-order chi connectivity index (χ0) is 21.1. The van der Waals surface area contributed by atoms with Crippen LogP contribution in [-0.2, 0) is 20.9 Å². The number of piperidine rings is 1. The van der Waals surface area contributed by atoms with Gasteiger partial charge in [-0.1, -0.05) is 18.2 Å². The number of esters is 1. The van der Waals surface area contributed by atoms with Crippen LogP contribution in [0.2, 0.25) is 0 Å². The lowest BCUT2D eigenvalue weighted by Crippen LogP contribution is -2.46. The largest absolute Gasteiger partial charge is 0.466 e. The molecule has 0 aromatic heterocycles. The van der Waals surface area contributed by atoms with Crippen LogP contribution < -0.4 is 10.6 Å². The highest BCUT2D eigenvalue weighted by molar-refractivity contribution is 5.76. The lowest BCUT2D eigenvalue weighted by Gasteiger charge is -2.32. The minimum Gasteiger partial charge on any atom is -0.466 e. The van der Waals surface area contributed by atoms with Crippen molar-refractivity contribution in [3.8, 4) is 0 Å². The Labute approximate surface area is 171 Å². The number of nitrogens with zero attached hydrogens (tertiary/aromatic N) is 1. The average Bonchev–Trinajstić information content (AvgIpc) is 2.72. The molecular weight excluding hydrogens is 377 g/mol. The van der Waals surface area contributed by atoms with Crippen molar-refractivity contribution in [2.45, 2.75) is 45.6 Å². The van der Waals surface area contributed by atoms with E-state index in [1.54, 1.807) is 30.0 Å². The van der Waals surface area contributed by atoms with Crippen LogP contribution in [-0.4, -0.2) is 49.0 Å². The van der Waals surface area contributed by atoms with Crippen molar-refractivity contribution in [2.75, 3.05) is 26.2 Å². The first-order valence-corrected chi connectivity index (χ1v) is 10.2. The Morgan fingerprint density at radius 1 is 1.21 bits per heavy atom. The van der Waals surface area contributed by atoms with E-state index < -0.39 is 0 Å². The van der Waals surface area contributed by atoms with Crippen LogP contribution in [0, 0.1) is 11.7 Å². The molecule has 0 aliphatic carbocycles. The first-order valence-electron chi connectivity index (χ1n) is 10.2. The summed E-state index contributed by atoms with van der Waals surface area (Å²) in [4.78, 5) is 37.4. The van der Waals surface area contributed by atoms with E-state index in [1.165, 1.54) is 6.07 Å². The molecule has 8 heteroatoms. The van der Waals surface area contributed by atoms with Crippen LogP contribution >= 0.6 is 0 Å². The minimum absolute atomic E-state index is 0.121. The maximum atomic E-state index is 13.6. The Kier molecular flexibility index (Phi) is 9.40. The summed E-state index contributed by atoms with van der Waals surface area (Å²) in [6.07, 6.45) is 3.02. The van der Waals surface area contributed by atoms with Gasteiger partial charge < -0.3 is 20.3 Å². The van der Waals surface area contributed by atoms with Gasteiger partial charge in [0.05, 0.1) is 13.0 Å². The molecule has 0 bridgehead atoms. The number of likely N-dealkylation sites (tertiary alicyclic amines) is 1. The van der Waals surface area contributed by atoms with Crippen LogP contribution in [0.3, 0.4) is 0 Å². The van der Waals surface area contributed by atoms with Crippen LogP contribution in [0.5, 0.6) is 0 Å². The summed E-state index contributed by atoms with van der Waals surface area (Å²) < 4.78 is 18.4. The van der Waals surface area contributed by atoms with E-state index in [1.807, 2.05) is 0 Å². The van der Waals surface area contributed by atoms with Gasteiger partial charge in [-0.05, 0) is 38.2 Å². The fraction of sp³-hybridized carbons (Fsp3) is 0.571. The lowest BCUT2D eigenvalue weighted by atomic mass is 9.93. The van der Waals surface area contributed by atoms with Gasteiger partial charge in [0.1, 0.15) is 5.82 Å². The van der Waals surface area contributed by atoms with Gasteiger partial charge in [-0.15, -0.1) is 0 Å². The Hall–Kier alpha value is -2.64. The Morgan fingerprint density at radius 2 is 2.00 bits per heavy atom. The number of rotatable bonds is 9. The second-order valence-corrected chi connectivity index (χ2v) is 7.15. The molecule has 0 unspecified atom stereocenters. The predicted octanol–water partition coefficient (Wildman–Crippen LogP) is 2.60. The second kappa shape index (κ2) is 12.0. The van der Waals surface area contributed by atoms with Crippen LogP contribution in [0.4, 0.5) is 9.18 Å². The van der Waals surface area contributed by atoms with Crippen molar-refractivity contribution in [1.29, 1.82) is 0 Å². The highest BCUT2D eigenvalue weighted by Gasteiger charge is 2.24. The third kappa shape index (κ3) is 8.09. The molecule has 1 saturated heterocycles. The van der Waals surface area contributed by atoms with Crippen LogP contribution in [0.1, 0.15) is 44.6 Å². The van der Waals surface area contributed by atoms with Crippen molar-refractivity contribution < 1.29 is 23.5 Å². The SMILES string of the molecule is CCOC(=O)CCNC(=O)N1CCC[C@@H](CCC(=O)NCc2ccccc2F)C1. The lowest BCUT2D eigenvalue weighted by molar-refractivity contribution is -0.142. The first-order chi connectivity index (χ1) is 14.0. The molecule has 1 aliphatic heterocycles. The normalized spacial score (nSPS) is 16.2. The van der Waals surface area contributed by atoms with Gasteiger partial charge >= 0.3 is 12.0 Å². The van der Waals surface area contributed by atoms with Crippen LogP contribution in [0.25, 0.3) is 0 Å². The molecule has 1 aromatic rings. The third-order valence-electron chi connectivity index (χ3n) is 4.93. The van der Waals surface area contributed by atoms with Crippen molar-refractivity contribution in [3.63, 3.8) is 0 Å². The number of carbonyl (C=O) groups is 3. The van der Waals surface area contributed by atoms with Crippen molar-refractivity contribution in [3.05, 3.63) is 35.6 Å². The van der Waals surface area contributed by atoms with Gasteiger partial charge in [0.15, 0.2) is 0 Å². The Morgan fingerprint density at radius 3 is 2.76 bits per heavy atom. The maximum absolute atomic E-state index is 13.6. The van der Waals surface area contributed by atoms with E-state index in [-0.39, 0.29) is 49.2 Å². The van der Waals surface area contributed by atoms with Crippen LogP contribution in [0.15, 0.2) is 24.3 Å². The molecule has 1 heterocycles. The van der Waals surface area contributed by atoms with Gasteiger partial charge in [0.25, 0.3) is 0 Å². The van der Waals surface area contributed by atoms with E-state index in [4.69, 9.17) is 4.74 Å². The smallest absolute Gasteiger partial charge is 0.317 e. The van der Waals surface area contributed by atoms with Gasteiger partial charge in [-0.3, -0.25) is 9.59 Å². The summed E-state index contributed by atoms with van der Waals surface area (Å²) in [6, 6.07) is 6.18. The molecule has 1 aromatic carbocycles. The number of amides is 3. The maximum Gasteiger partial charge on any atom is 0.317 e. The molecule has 29 heavy (non-hydrogen) atoms. The van der Waals surface area contributed by atoms with Crippen molar-refractivity contribution in [1.82, 2.24) is 15.5 Å². The number of ether oxygens (including phenoxy) is 1. The molecule has 0 radical (unpaired) electrons. The summed E-state index contributed by atoms with van der Waals surface area (Å²) >= 11 is 0. The number of hydrogen-bond donors (Lipinski definition) is 2. The summed E-state index contributed by atoms with van der Waals surface area (Å²) in [6.45, 7) is 3.74. The number of benzene rings is 1. The van der Waals surface area contributed by atoms with Gasteiger partial charge in [-0.25, -0.2) is 9.18 Å². The van der Waals surface area contributed by atoms with Crippen molar-refractivity contribution >= 4 is 17.9 Å². The average molecular weight is 407 g/mol. The minimum atomic E-state index is -0.329. The Bertz CT molecular complexity index is 698. The summed E-state index contributed by atoms with van der Waals surface area (Å²) in [7, 11) is 0. The van der Waals surface area contributed by atoms with Gasteiger partial charge in [0.2, 0.25) is 5.91 Å². The van der Waals surface area contributed by atoms with E-state index in [9.17, 15) is 18.8 Å². The number of halogens is 1. The zero-order valence-electron chi connectivity index (χ0n) is 16.9. The summed E-state index contributed by atoms with van der Waals surface area (Å²) in [5, 5.41) is 5.49. The van der Waals surface area contributed by atoms with E-state index in [0.29, 0.717) is 38.1 Å². The molecule has 1 aliphatic rings. The highest BCUT2D eigenvalue weighted by Crippen LogP contribution is 2.21. The summed E-state index contributed by atoms with van der Waals surface area (Å²) in [5.41, 5.74) is 0.462. The molecule has 160 valence electrons. The molecule has 1 fully saturated rings. The second-order valence-electron chi connectivity index (χ2n) is 7.15. The molecule has 0 spiro atoms. The van der Waals surface area contributed by atoms with Gasteiger partial charge in [-0.2, -0.15) is 0 Å². The Balaban J connectivity index is 1.66. The first kappa shape index (κ1) is 22.6. The van der Waals surface area contributed by atoms with Crippen molar-refractivity contribution in [2.24, 2.45) is 5.92 Å². The fourth-order valence-electron chi connectivity index (χ4n) is 3.36. The highest BCUT2D eigenvalue weighted by atomic mass is 19.1. The third-order valence-corrected chi connectivity index (χ3v) is 4.93. The molecule has 1 atom stereocenters. The van der Waals surface area contributed by atoms with E-state index in [0.717, 1.165) is 12.8 Å². The van der Waals surface area contributed by atoms with E-state index in [2.05, 4.69) is 10.6 Å². The molecular formula is C21H30FN3O4. The monoisotopic (exact) mass is 407 g/mol. The summed E-state index contributed by atoms with van der Waals surface area (Å²) in [5.74, 6) is -0.529. The molecule has 2 rings (SSSR count). The topological polar surface area (TPSA) is 87.7 Å². The number of hydrogen-bond acceptors (Lipinski definition) is 4. The quantitative estimate of drug-likeness (QED) is 0.616. The molecule has 0 saturated carbocycles. The molecule has 2 N–H and O–H groups in total. The van der Waals surface area contributed by atoms with Gasteiger partial charge in [0, 0.05) is 38.2 Å². The zero-order valence-corrected chi connectivity index (χ0v) is 16.9.